The Morgan fingerprint density at radius 1 is 1.13 bits per heavy atom. The van der Waals surface area contributed by atoms with E-state index in [0.717, 1.165) is 12.1 Å². The van der Waals surface area contributed by atoms with Crippen LogP contribution in [0.3, 0.4) is 0 Å². The summed E-state index contributed by atoms with van der Waals surface area (Å²) in [6, 6.07) is 8.17. The molecule has 2 aromatic rings. The quantitative estimate of drug-likeness (QED) is 0.582. The highest BCUT2D eigenvalue weighted by molar-refractivity contribution is 7.93. The van der Waals surface area contributed by atoms with Gasteiger partial charge in [0.15, 0.2) is 0 Å². The maximum Gasteiger partial charge on any atom is 0.416 e. The fourth-order valence-electron chi connectivity index (χ4n) is 2.74. The molecule has 0 atom stereocenters. The van der Waals surface area contributed by atoms with Gasteiger partial charge in [0.1, 0.15) is 17.2 Å². The molecule has 0 aliphatic carbocycles. The summed E-state index contributed by atoms with van der Waals surface area (Å²) in [6.07, 6.45) is -4.69. The summed E-state index contributed by atoms with van der Waals surface area (Å²) in [4.78, 5) is 12.1. The highest BCUT2D eigenvalue weighted by atomic mass is 32.2. The maximum atomic E-state index is 13.5. The summed E-state index contributed by atoms with van der Waals surface area (Å²) < 4.78 is 77.1. The van der Waals surface area contributed by atoms with Gasteiger partial charge in [0.2, 0.25) is 5.91 Å². The number of aryl methyl sites for hydroxylation is 1. The van der Waals surface area contributed by atoms with Crippen LogP contribution in [0.4, 0.5) is 18.9 Å². The Morgan fingerprint density at radius 2 is 1.84 bits per heavy atom. The normalized spacial score (nSPS) is 11.8. The predicted molar refractivity (Wildman–Crippen MR) is 109 cm³/mol. The van der Waals surface area contributed by atoms with Crippen molar-refractivity contribution in [1.82, 2.24) is 5.32 Å². The maximum absolute atomic E-state index is 13.5. The number of amides is 1. The van der Waals surface area contributed by atoms with E-state index in [9.17, 15) is 26.4 Å². The molecule has 0 saturated carbocycles. The summed E-state index contributed by atoms with van der Waals surface area (Å²) in [6.45, 7) is 1.22. The van der Waals surface area contributed by atoms with E-state index in [-0.39, 0.29) is 29.5 Å². The minimum atomic E-state index is -4.69. The standard InChI is InChI=1S/C20H23F3N2O5S/c1-14-7-8-17(30-3)18(11-14)31(27,28)25(13-19(26)24-9-10-29-2)16-6-4-5-15(12-16)20(21,22)23/h4-8,11-12H,9-10,13H2,1-3H3,(H,24,26). The van der Waals surface area contributed by atoms with Gasteiger partial charge < -0.3 is 14.8 Å². The number of hydrogen-bond acceptors (Lipinski definition) is 5. The van der Waals surface area contributed by atoms with Gasteiger partial charge in [0, 0.05) is 13.7 Å². The van der Waals surface area contributed by atoms with Crippen LogP contribution < -0.4 is 14.4 Å². The summed E-state index contributed by atoms with van der Waals surface area (Å²) in [7, 11) is -1.76. The lowest BCUT2D eigenvalue weighted by Crippen LogP contribution is -2.42. The molecule has 0 aromatic heterocycles. The first-order valence-corrected chi connectivity index (χ1v) is 10.5. The van der Waals surface area contributed by atoms with Gasteiger partial charge in [-0.05, 0) is 42.8 Å². The Balaban J connectivity index is 2.57. The van der Waals surface area contributed by atoms with E-state index in [1.165, 1.54) is 32.4 Å². The number of nitrogens with one attached hydrogen (secondary N) is 1. The molecule has 31 heavy (non-hydrogen) atoms. The van der Waals surface area contributed by atoms with E-state index in [4.69, 9.17) is 9.47 Å². The second kappa shape index (κ2) is 10.0. The molecule has 1 amide bonds. The van der Waals surface area contributed by atoms with Gasteiger partial charge in [-0.15, -0.1) is 0 Å². The number of nitrogens with zero attached hydrogens (tertiary/aromatic N) is 1. The predicted octanol–water partition coefficient (Wildman–Crippen LogP) is 2.98. The number of alkyl halides is 3. The number of methoxy groups -OCH3 is 2. The third kappa shape index (κ3) is 6.11. The first-order valence-electron chi connectivity index (χ1n) is 9.11. The molecular formula is C20H23F3N2O5S. The van der Waals surface area contributed by atoms with Crippen molar-refractivity contribution < 1.29 is 35.9 Å². The lowest BCUT2D eigenvalue weighted by Gasteiger charge is -2.25. The van der Waals surface area contributed by atoms with Gasteiger partial charge in [0.25, 0.3) is 10.0 Å². The van der Waals surface area contributed by atoms with Gasteiger partial charge in [-0.2, -0.15) is 13.2 Å². The number of sulfonamides is 1. The van der Waals surface area contributed by atoms with E-state index < -0.39 is 34.2 Å². The molecule has 170 valence electrons. The zero-order valence-corrected chi connectivity index (χ0v) is 18.0. The van der Waals surface area contributed by atoms with Crippen molar-refractivity contribution in [1.29, 1.82) is 0 Å². The van der Waals surface area contributed by atoms with Gasteiger partial charge in [-0.25, -0.2) is 8.42 Å². The summed E-state index contributed by atoms with van der Waals surface area (Å²) in [5, 5.41) is 2.47. The third-order valence-corrected chi connectivity index (χ3v) is 6.06. The first-order chi connectivity index (χ1) is 14.5. The topological polar surface area (TPSA) is 84.9 Å². The molecule has 0 radical (unpaired) electrons. The number of benzene rings is 2. The molecule has 0 saturated heterocycles. The SMILES string of the molecule is COCCNC(=O)CN(c1cccc(C(F)(F)F)c1)S(=O)(=O)c1cc(C)ccc1OC. The van der Waals surface area contributed by atoms with Crippen molar-refractivity contribution in [3.8, 4) is 5.75 Å². The molecule has 7 nitrogen and oxygen atoms in total. The largest absolute Gasteiger partial charge is 0.495 e. The molecule has 0 fully saturated rings. The minimum Gasteiger partial charge on any atom is -0.495 e. The fourth-order valence-corrected chi connectivity index (χ4v) is 4.39. The van der Waals surface area contributed by atoms with Gasteiger partial charge in [-0.3, -0.25) is 9.10 Å². The van der Waals surface area contributed by atoms with Crippen molar-refractivity contribution >= 4 is 21.6 Å². The number of ether oxygens (including phenoxy) is 2. The number of rotatable bonds is 9. The van der Waals surface area contributed by atoms with Gasteiger partial charge in [0.05, 0.1) is 25.0 Å². The van der Waals surface area contributed by atoms with Crippen LogP contribution in [-0.2, 0) is 25.7 Å². The van der Waals surface area contributed by atoms with Crippen LogP contribution in [-0.4, -0.2) is 48.2 Å². The number of carbonyl (C=O) groups is 1. The second-order valence-corrected chi connectivity index (χ2v) is 8.39. The molecule has 0 bridgehead atoms. The highest BCUT2D eigenvalue weighted by Gasteiger charge is 2.34. The zero-order chi connectivity index (χ0) is 23.2. The average Bonchev–Trinajstić information content (AvgIpc) is 2.71. The van der Waals surface area contributed by atoms with Crippen LogP contribution in [0.2, 0.25) is 0 Å². The van der Waals surface area contributed by atoms with Gasteiger partial charge >= 0.3 is 6.18 Å². The molecule has 2 aromatic carbocycles. The molecular weight excluding hydrogens is 437 g/mol. The Bertz CT molecular complexity index is 1030. The lowest BCUT2D eigenvalue weighted by molar-refractivity contribution is -0.137. The molecule has 11 heteroatoms. The Morgan fingerprint density at radius 3 is 2.45 bits per heavy atom. The number of hydrogen-bond donors (Lipinski definition) is 1. The Kier molecular flexibility index (Phi) is 7.91. The molecule has 0 unspecified atom stereocenters. The van der Waals surface area contributed by atoms with Crippen molar-refractivity contribution in [2.24, 2.45) is 0 Å². The zero-order valence-electron chi connectivity index (χ0n) is 17.2. The molecule has 0 heterocycles. The van der Waals surface area contributed by atoms with Crippen LogP contribution in [0.1, 0.15) is 11.1 Å². The molecule has 1 N–H and O–H groups in total. The van der Waals surface area contributed by atoms with E-state index in [0.29, 0.717) is 15.9 Å². The lowest BCUT2D eigenvalue weighted by atomic mass is 10.2. The Hall–Kier alpha value is -2.79. The van der Waals surface area contributed by atoms with Crippen LogP contribution >= 0.6 is 0 Å². The molecule has 0 aliphatic rings. The summed E-state index contributed by atoms with van der Waals surface area (Å²) in [5.41, 5.74) is -0.755. The second-order valence-electron chi connectivity index (χ2n) is 6.56. The van der Waals surface area contributed by atoms with E-state index in [1.54, 1.807) is 13.0 Å². The monoisotopic (exact) mass is 460 g/mol. The van der Waals surface area contributed by atoms with Crippen LogP contribution in [0.15, 0.2) is 47.4 Å². The Labute approximate surface area is 178 Å². The number of halogens is 3. The van der Waals surface area contributed by atoms with E-state index in [1.807, 2.05) is 0 Å². The van der Waals surface area contributed by atoms with Crippen molar-refractivity contribution in [3.05, 3.63) is 53.6 Å². The summed E-state index contributed by atoms with van der Waals surface area (Å²) >= 11 is 0. The van der Waals surface area contributed by atoms with E-state index in [2.05, 4.69) is 5.32 Å². The molecule has 0 spiro atoms. The first kappa shape index (κ1) is 24.5. The summed E-state index contributed by atoms with van der Waals surface area (Å²) in [5.74, 6) is -0.702. The van der Waals surface area contributed by atoms with Crippen molar-refractivity contribution in [3.63, 3.8) is 0 Å². The average molecular weight is 460 g/mol. The minimum absolute atomic E-state index is 0.00219. The van der Waals surface area contributed by atoms with Crippen LogP contribution in [0.5, 0.6) is 5.75 Å². The smallest absolute Gasteiger partial charge is 0.416 e. The number of carbonyl (C=O) groups excluding carboxylic acids is 1. The third-order valence-electron chi connectivity index (χ3n) is 4.26. The van der Waals surface area contributed by atoms with Crippen molar-refractivity contribution in [2.75, 3.05) is 38.2 Å². The van der Waals surface area contributed by atoms with Gasteiger partial charge in [-0.1, -0.05) is 12.1 Å². The molecule has 2 rings (SSSR count). The van der Waals surface area contributed by atoms with Crippen LogP contribution in [0, 0.1) is 6.92 Å². The highest BCUT2D eigenvalue weighted by Crippen LogP contribution is 2.35. The van der Waals surface area contributed by atoms with Crippen molar-refractivity contribution in [2.45, 2.75) is 18.0 Å². The molecule has 0 aliphatic heterocycles. The van der Waals surface area contributed by atoms with E-state index >= 15 is 0 Å². The van der Waals surface area contributed by atoms with Crippen LogP contribution in [0.25, 0.3) is 0 Å². The fraction of sp³-hybridized carbons (Fsp3) is 0.350. The number of anilines is 1.